The van der Waals surface area contributed by atoms with E-state index in [-0.39, 0.29) is 5.91 Å². The second-order valence-corrected chi connectivity index (χ2v) is 6.39. The molecule has 29 heavy (non-hydrogen) atoms. The van der Waals surface area contributed by atoms with Crippen LogP contribution >= 0.6 is 0 Å². The third kappa shape index (κ3) is 6.49. The van der Waals surface area contributed by atoms with E-state index in [0.717, 1.165) is 30.0 Å². The Balaban J connectivity index is 1.46. The monoisotopic (exact) mass is 391 g/mol. The van der Waals surface area contributed by atoms with Gasteiger partial charge in [0.1, 0.15) is 5.76 Å². The number of carbonyl (C=O) groups excluding carboxylic acids is 1. The van der Waals surface area contributed by atoms with Gasteiger partial charge in [-0.15, -0.1) is 0 Å². The summed E-state index contributed by atoms with van der Waals surface area (Å²) in [6.07, 6.45) is 4.19. The Hall–Kier alpha value is -3.61. The molecule has 1 aromatic carbocycles. The first-order chi connectivity index (χ1) is 14.2. The van der Waals surface area contributed by atoms with Gasteiger partial charge in [-0.25, -0.2) is 0 Å². The Kier molecular flexibility index (Phi) is 7.40. The molecule has 0 radical (unpaired) electrons. The standard InChI is InChI=1S/C22H25N5O2/c1-23-22(25-12-10-19-8-2-3-11-24-19)27-15-17-6-4-7-18(14-17)21(28)26-16-20-9-5-13-29-20/h2-9,11,13-14H,10,12,15-16H2,1H3,(H,26,28)(H2,23,25,27). The van der Waals surface area contributed by atoms with Crippen molar-refractivity contribution in [1.82, 2.24) is 20.9 Å². The molecule has 0 saturated heterocycles. The van der Waals surface area contributed by atoms with Crippen molar-refractivity contribution in [2.24, 2.45) is 4.99 Å². The van der Waals surface area contributed by atoms with Crippen LogP contribution in [0.2, 0.25) is 0 Å². The van der Waals surface area contributed by atoms with Crippen molar-refractivity contribution in [2.75, 3.05) is 13.6 Å². The van der Waals surface area contributed by atoms with Gasteiger partial charge in [0.15, 0.2) is 5.96 Å². The van der Waals surface area contributed by atoms with E-state index in [1.165, 1.54) is 0 Å². The number of aliphatic imine (C=N–C) groups is 1. The number of benzene rings is 1. The normalized spacial score (nSPS) is 11.1. The molecular formula is C22H25N5O2. The zero-order chi connectivity index (χ0) is 20.3. The summed E-state index contributed by atoms with van der Waals surface area (Å²) in [6.45, 7) is 1.65. The largest absolute Gasteiger partial charge is 0.467 e. The quantitative estimate of drug-likeness (QED) is 0.405. The van der Waals surface area contributed by atoms with Crippen molar-refractivity contribution in [3.05, 3.63) is 89.6 Å². The third-order valence-corrected chi connectivity index (χ3v) is 4.28. The molecule has 1 amide bonds. The fourth-order valence-electron chi connectivity index (χ4n) is 2.77. The van der Waals surface area contributed by atoms with Crippen molar-refractivity contribution in [3.63, 3.8) is 0 Å². The molecule has 0 fully saturated rings. The number of aromatic nitrogens is 1. The zero-order valence-corrected chi connectivity index (χ0v) is 16.4. The minimum absolute atomic E-state index is 0.138. The van der Waals surface area contributed by atoms with E-state index < -0.39 is 0 Å². The Bertz CT molecular complexity index is 923. The summed E-state index contributed by atoms with van der Waals surface area (Å²) in [4.78, 5) is 20.9. The molecule has 0 bridgehead atoms. The van der Waals surface area contributed by atoms with Crippen molar-refractivity contribution < 1.29 is 9.21 Å². The van der Waals surface area contributed by atoms with E-state index in [1.807, 2.05) is 42.5 Å². The summed E-state index contributed by atoms with van der Waals surface area (Å²) in [5.41, 5.74) is 2.63. The fourth-order valence-corrected chi connectivity index (χ4v) is 2.77. The first-order valence-corrected chi connectivity index (χ1v) is 9.48. The van der Waals surface area contributed by atoms with E-state index in [1.54, 1.807) is 31.6 Å². The third-order valence-electron chi connectivity index (χ3n) is 4.28. The number of furan rings is 1. The lowest BCUT2D eigenvalue weighted by atomic mass is 10.1. The van der Waals surface area contributed by atoms with Crippen LogP contribution in [0.1, 0.15) is 27.4 Å². The Labute approximate surface area is 170 Å². The van der Waals surface area contributed by atoms with Crippen LogP contribution in [-0.4, -0.2) is 30.4 Å². The molecular weight excluding hydrogens is 366 g/mol. The molecule has 0 aliphatic heterocycles. The summed E-state index contributed by atoms with van der Waals surface area (Å²) >= 11 is 0. The molecule has 7 heteroatoms. The molecule has 0 unspecified atom stereocenters. The molecule has 150 valence electrons. The van der Waals surface area contributed by atoms with E-state index in [0.29, 0.717) is 24.6 Å². The fraction of sp³-hybridized carbons (Fsp3) is 0.227. The van der Waals surface area contributed by atoms with E-state index in [4.69, 9.17) is 4.42 Å². The summed E-state index contributed by atoms with van der Waals surface area (Å²) in [6, 6.07) is 17.0. The van der Waals surface area contributed by atoms with Crippen LogP contribution in [0.3, 0.4) is 0 Å². The highest BCUT2D eigenvalue weighted by atomic mass is 16.3. The molecule has 3 rings (SSSR count). The number of rotatable bonds is 8. The highest BCUT2D eigenvalue weighted by Gasteiger charge is 2.07. The van der Waals surface area contributed by atoms with Gasteiger partial charge in [0, 0.05) is 44.0 Å². The van der Waals surface area contributed by atoms with Gasteiger partial charge in [0.05, 0.1) is 12.8 Å². The topological polar surface area (TPSA) is 91.5 Å². The number of pyridine rings is 1. The lowest BCUT2D eigenvalue weighted by Gasteiger charge is -2.12. The minimum Gasteiger partial charge on any atom is -0.467 e. The van der Waals surface area contributed by atoms with Crippen molar-refractivity contribution >= 4 is 11.9 Å². The molecule has 2 heterocycles. The lowest BCUT2D eigenvalue weighted by molar-refractivity contribution is 0.0948. The Morgan fingerprint density at radius 1 is 1.03 bits per heavy atom. The van der Waals surface area contributed by atoms with Crippen molar-refractivity contribution in [3.8, 4) is 0 Å². The average molecular weight is 391 g/mol. The zero-order valence-electron chi connectivity index (χ0n) is 16.4. The minimum atomic E-state index is -0.138. The van der Waals surface area contributed by atoms with Gasteiger partial charge >= 0.3 is 0 Å². The van der Waals surface area contributed by atoms with Crippen LogP contribution in [-0.2, 0) is 19.5 Å². The van der Waals surface area contributed by atoms with Crippen LogP contribution in [0.25, 0.3) is 0 Å². The summed E-state index contributed by atoms with van der Waals surface area (Å²) in [7, 11) is 1.73. The smallest absolute Gasteiger partial charge is 0.251 e. The predicted molar refractivity (Wildman–Crippen MR) is 112 cm³/mol. The maximum Gasteiger partial charge on any atom is 0.251 e. The highest BCUT2D eigenvalue weighted by Crippen LogP contribution is 2.06. The van der Waals surface area contributed by atoms with Gasteiger partial charge in [-0.1, -0.05) is 18.2 Å². The van der Waals surface area contributed by atoms with Gasteiger partial charge in [0.2, 0.25) is 0 Å². The Morgan fingerprint density at radius 2 is 1.97 bits per heavy atom. The number of hydrogen-bond donors (Lipinski definition) is 3. The maximum atomic E-state index is 12.3. The number of amides is 1. The van der Waals surface area contributed by atoms with Crippen molar-refractivity contribution in [2.45, 2.75) is 19.5 Å². The molecule has 0 spiro atoms. The van der Waals surface area contributed by atoms with E-state index >= 15 is 0 Å². The Morgan fingerprint density at radius 3 is 2.72 bits per heavy atom. The van der Waals surface area contributed by atoms with Crippen LogP contribution in [0.4, 0.5) is 0 Å². The molecule has 7 nitrogen and oxygen atoms in total. The van der Waals surface area contributed by atoms with Crippen LogP contribution in [0.15, 0.2) is 76.5 Å². The first-order valence-electron chi connectivity index (χ1n) is 9.48. The number of nitrogens with zero attached hydrogens (tertiary/aromatic N) is 2. The second kappa shape index (κ2) is 10.7. The van der Waals surface area contributed by atoms with Gasteiger partial charge in [0.25, 0.3) is 5.91 Å². The summed E-state index contributed by atoms with van der Waals surface area (Å²) in [5.74, 6) is 1.28. The molecule has 0 aliphatic rings. The molecule has 3 aromatic rings. The van der Waals surface area contributed by atoms with E-state index in [9.17, 15) is 4.79 Å². The summed E-state index contributed by atoms with van der Waals surface area (Å²) < 4.78 is 5.23. The lowest BCUT2D eigenvalue weighted by Crippen LogP contribution is -2.38. The van der Waals surface area contributed by atoms with Gasteiger partial charge in [-0.3, -0.25) is 14.8 Å². The maximum absolute atomic E-state index is 12.3. The molecule has 2 aromatic heterocycles. The number of guanidine groups is 1. The van der Waals surface area contributed by atoms with Crippen molar-refractivity contribution in [1.29, 1.82) is 0 Å². The predicted octanol–water partition coefficient (Wildman–Crippen LogP) is 2.51. The highest BCUT2D eigenvalue weighted by molar-refractivity contribution is 5.94. The molecule has 0 saturated carbocycles. The van der Waals surface area contributed by atoms with Crippen LogP contribution in [0, 0.1) is 0 Å². The van der Waals surface area contributed by atoms with Gasteiger partial charge in [-0.2, -0.15) is 0 Å². The molecule has 0 atom stereocenters. The van der Waals surface area contributed by atoms with Crippen LogP contribution in [0.5, 0.6) is 0 Å². The SMILES string of the molecule is CN=C(NCCc1ccccn1)NCc1cccc(C(=O)NCc2ccco2)c1. The molecule has 0 aliphatic carbocycles. The second-order valence-electron chi connectivity index (χ2n) is 6.39. The van der Waals surface area contributed by atoms with Gasteiger partial charge < -0.3 is 20.4 Å². The first kappa shape index (κ1) is 20.1. The van der Waals surface area contributed by atoms with Crippen LogP contribution < -0.4 is 16.0 Å². The van der Waals surface area contributed by atoms with E-state index in [2.05, 4.69) is 25.9 Å². The molecule has 3 N–H and O–H groups in total. The average Bonchev–Trinajstić information content (AvgIpc) is 3.29. The number of nitrogens with one attached hydrogen (secondary N) is 3. The number of hydrogen-bond acceptors (Lipinski definition) is 4. The number of carbonyl (C=O) groups is 1. The van der Waals surface area contributed by atoms with Gasteiger partial charge in [-0.05, 0) is 42.0 Å². The summed E-state index contributed by atoms with van der Waals surface area (Å²) in [5, 5.41) is 9.39.